The van der Waals surface area contributed by atoms with Crippen molar-refractivity contribution in [2.45, 2.75) is 58.8 Å². The van der Waals surface area contributed by atoms with Crippen molar-refractivity contribution in [1.29, 1.82) is 0 Å². The Morgan fingerprint density at radius 3 is 2.58 bits per heavy atom. The Labute approximate surface area is 163 Å². The zero-order valence-corrected chi connectivity index (χ0v) is 17.3. The normalized spacial score (nSPS) is 19.0. The maximum absolute atomic E-state index is 6.18. The summed E-state index contributed by atoms with van der Waals surface area (Å²) in [6, 6.07) is 2.31. The van der Waals surface area contributed by atoms with Crippen molar-refractivity contribution >= 4 is 17.3 Å². The van der Waals surface area contributed by atoms with Crippen LogP contribution >= 0.6 is 11.6 Å². The molecule has 4 heteroatoms. The van der Waals surface area contributed by atoms with E-state index in [0.717, 1.165) is 43.1 Å². The highest BCUT2D eigenvalue weighted by Gasteiger charge is 2.22. The fraction of sp³-hybridized carbons (Fsp3) is 0.500. The first-order valence-electron chi connectivity index (χ1n) is 9.74. The van der Waals surface area contributed by atoms with Gasteiger partial charge in [-0.15, -0.1) is 0 Å². The van der Waals surface area contributed by atoms with E-state index in [4.69, 9.17) is 16.7 Å². The van der Waals surface area contributed by atoms with E-state index < -0.39 is 0 Å². The third-order valence-electron chi connectivity index (χ3n) is 4.97. The molecule has 2 rings (SSSR count). The third-order valence-corrected chi connectivity index (χ3v) is 5.32. The highest BCUT2D eigenvalue weighted by molar-refractivity contribution is 6.31. The zero-order valence-electron chi connectivity index (χ0n) is 16.5. The lowest BCUT2D eigenvalue weighted by Crippen LogP contribution is -2.26. The fourth-order valence-electron chi connectivity index (χ4n) is 3.41. The molecule has 0 aliphatic carbocycles. The van der Waals surface area contributed by atoms with Crippen LogP contribution < -0.4 is 5.32 Å². The number of piperidine rings is 1. The average Bonchev–Trinajstić information content (AvgIpc) is 3.12. The molecule has 1 N–H and O–H groups in total. The molecule has 26 heavy (non-hydrogen) atoms. The van der Waals surface area contributed by atoms with Crippen LogP contribution in [0.15, 0.2) is 47.6 Å². The van der Waals surface area contributed by atoms with Gasteiger partial charge in [-0.1, -0.05) is 42.8 Å². The van der Waals surface area contributed by atoms with Gasteiger partial charge >= 0.3 is 0 Å². The summed E-state index contributed by atoms with van der Waals surface area (Å²) in [6.07, 6.45) is 15.8. The average molecular weight is 374 g/mol. The number of hydrogen-bond donors (Lipinski definition) is 1. The molecule has 1 fully saturated rings. The Bertz CT molecular complexity index is 688. The largest absolute Gasteiger partial charge is 0.317 e. The van der Waals surface area contributed by atoms with E-state index in [1.807, 2.05) is 26.0 Å². The van der Waals surface area contributed by atoms with Crippen LogP contribution in [0.1, 0.15) is 70.2 Å². The maximum atomic E-state index is 6.18. The van der Waals surface area contributed by atoms with Crippen molar-refractivity contribution in [3.63, 3.8) is 0 Å². The van der Waals surface area contributed by atoms with Gasteiger partial charge in [0.25, 0.3) is 0 Å². The number of allylic oxidation sites excluding steroid dienone is 8. The van der Waals surface area contributed by atoms with Gasteiger partial charge in [0.2, 0.25) is 0 Å². The van der Waals surface area contributed by atoms with Crippen molar-refractivity contribution in [3.05, 3.63) is 58.9 Å². The van der Waals surface area contributed by atoms with Crippen molar-refractivity contribution < 1.29 is 0 Å². The number of nitrogens with one attached hydrogen (secondary N) is 1. The van der Waals surface area contributed by atoms with E-state index in [1.165, 1.54) is 11.4 Å². The van der Waals surface area contributed by atoms with Crippen molar-refractivity contribution in [2.75, 3.05) is 13.1 Å². The number of hydrogen-bond acceptors (Lipinski definition) is 2. The number of halogens is 1. The summed E-state index contributed by atoms with van der Waals surface area (Å²) in [4.78, 5) is 0. The topological polar surface area (TPSA) is 29.9 Å². The molecular weight excluding hydrogens is 342 g/mol. The lowest BCUT2D eigenvalue weighted by atomic mass is 9.93. The van der Waals surface area contributed by atoms with Gasteiger partial charge in [-0.05, 0) is 71.3 Å². The molecule has 2 heterocycles. The van der Waals surface area contributed by atoms with Crippen molar-refractivity contribution in [2.24, 2.45) is 0 Å². The lowest BCUT2D eigenvalue weighted by molar-refractivity contribution is 0.451. The minimum atomic E-state index is 0.284. The van der Waals surface area contributed by atoms with Crippen LogP contribution in [-0.2, 0) is 0 Å². The Balaban J connectivity index is 2.46. The Hall–Kier alpha value is -1.58. The molecule has 1 saturated heterocycles. The lowest BCUT2D eigenvalue weighted by Gasteiger charge is -2.20. The van der Waals surface area contributed by atoms with Crippen LogP contribution in [0.2, 0.25) is 0 Å². The predicted molar refractivity (Wildman–Crippen MR) is 114 cm³/mol. The molecule has 1 aromatic heterocycles. The van der Waals surface area contributed by atoms with Gasteiger partial charge in [-0.2, -0.15) is 5.10 Å². The summed E-state index contributed by atoms with van der Waals surface area (Å²) in [7, 11) is 0. The summed E-state index contributed by atoms with van der Waals surface area (Å²) >= 11 is 6.18. The summed E-state index contributed by atoms with van der Waals surface area (Å²) in [6.45, 7) is 10.4. The first-order chi connectivity index (χ1) is 12.6. The molecule has 0 amide bonds. The summed E-state index contributed by atoms with van der Waals surface area (Å²) in [5.74, 6) is 0.826. The first kappa shape index (κ1) is 20.7. The molecular formula is C22H32ClN3. The number of nitrogens with zero attached hydrogens (tertiary/aromatic N) is 2. The van der Waals surface area contributed by atoms with Gasteiger partial charge in [0.15, 0.2) is 0 Å². The van der Waals surface area contributed by atoms with E-state index in [-0.39, 0.29) is 5.92 Å². The Morgan fingerprint density at radius 1 is 1.27 bits per heavy atom. The second-order valence-corrected chi connectivity index (χ2v) is 7.13. The highest BCUT2D eigenvalue weighted by atomic mass is 35.5. The van der Waals surface area contributed by atoms with Crippen LogP contribution in [0.5, 0.6) is 0 Å². The molecule has 142 valence electrons. The minimum absolute atomic E-state index is 0.284. The number of rotatable bonds is 7. The third kappa shape index (κ3) is 5.21. The molecule has 1 aliphatic rings. The highest BCUT2D eigenvalue weighted by Crippen LogP contribution is 2.31. The fourth-order valence-corrected chi connectivity index (χ4v) is 3.48. The predicted octanol–water partition coefficient (Wildman–Crippen LogP) is 5.98. The molecule has 1 unspecified atom stereocenters. The van der Waals surface area contributed by atoms with E-state index in [1.54, 1.807) is 0 Å². The maximum Gasteiger partial charge on any atom is 0.0664 e. The van der Waals surface area contributed by atoms with E-state index >= 15 is 0 Å². The van der Waals surface area contributed by atoms with E-state index in [2.05, 4.69) is 54.2 Å². The quantitative estimate of drug-likeness (QED) is 0.596. The van der Waals surface area contributed by atoms with Crippen LogP contribution in [0.3, 0.4) is 0 Å². The van der Waals surface area contributed by atoms with Crippen LogP contribution in [0.25, 0.3) is 5.70 Å². The van der Waals surface area contributed by atoms with Crippen LogP contribution in [0.4, 0.5) is 0 Å². The molecule has 0 saturated carbocycles. The van der Waals surface area contributed by atoms with Gasteiger partial charge < -0.3 is 5.32 Å². The molecule has 3 nitrogen and oxygen atoms in total. The Kier molecular flexibility index (Phi) is 8.40. The smallest absolute Gasteiger partial charge is 0.0664 e. The van der Waals surface area contributed by atoms with Crippen molar-refractivity contribution in [1.82, 2.24) is 15.1 Å². The van der Waals surface area contributed by atoms with Gasteiger partial charge in [-0.3, -0.25) is 0 Å². The monoisotopic (exact) mass is 373 g/mol. The molecule has 1 atom stereocenters. The number of aromatic nitrogens is 2. The second kappa shape index (κ2) is 10.5. The van der Waals surface area contributed by atoms with Gasteiger partial charge in [0.05, 0.1) is 17.1 Å². The standard InChI is InChI=1S/C22H32ClN3/c1-5-9-20(8-4)26-22(17(6-2)10-11-19(23)7-3)16-21(25-26)18-12-14-24-15-13-18/h5,7-11,16-18,24H,6,12-15H2,1-4H3/b9-5-,11-10-,19-7+,20-8+. The van der Waals surface area contributed by atoms with Crippen LogP contribution in [0, 0.1) is 0 Å². The molecule has 0 aromatic carbocycles. The molecule has 1 aromatic rings. The minimum Gasteiger partial charge on any atom is -0.317 e. The molecule has 0 radical (unpaired) electrons. The van der Waals surface area contributed by atoms with E-state index in [0.29, 0.717) is 5.92 Å². The van der Waals surface area contributed by atoms with Gasteiger partial charge in [-0.25, -0.2) is 4.68 Å². The van der Waals surface area contributed by atoms with Gasteiger partial charge in [0.1, 0.15) is 0 Å². The first-order valence-corrected chi connectivity index (χ1v) is 10.1. The second-order valence-electron chi connectivity index (χ2n) is 6.69. The zero-order chi connectivity index (χ0) is 18.9. The van der Waals surface area contributed by atoms with Crippen molar-refractivity contribution in [3.8, 4) is 0 Å². The van der Waals surface area contributed by atoms with Gasteiger partial charge in [0, 0.05) is 16.9 Å². The van der Waals surface area contributed by atoms with E-state index in [9.17, 15) is 0 Å². The molecule has 1 aliphatic heterocycles. The SMILES string of the molecule is C/C=C\C(=C/C)n1nc(C2CCNCC2)cc1C(/C=C\C(Cl)=C/C)CC. The molecule has 0 spiro atoms. The molecule has 0 bridgehead atoms. The van der Waals surface area contributed by atoms with Crippen LogP contribution in [-0.4, -0.2) is 22.9 Å². The summed E-state index contributed by atoms with van der Waals surface area (Å²) < 4.78 is 2.12. The Morgan fingerprint density at radius 2 is 2.00 bits per heavy atom. The summed E-state index contributed by atoms with van der Waals surface area (Å²) in [5, 5.41) is 9.24. The summed E-state index contributed by atoms with van der Waals surface area (Å²) in [5.41, 5.74) is 3.57.